The summed E-state index contributed by atoms with van der Waals surface area (Å²) < 4.78 is 0. The van der Waals surface area contributed by atoms with Crippen LogP contribution in [-0.2, 0) is 4.79 Å². The second-order valence-corrected chi connectivity index (χ2v) is 3.05. The van der Waals surface area contributed by atoms with Crippen molar-refractivity contribution in [3.63, 3.8) is 0 Å². The molecule has 0 unspecified atom stereocenters. The monoisotopic (exact) mass is 157 g/mol. The molecule has 1 fully saturated rings. The summed E-state index contributed by atoms with van der Waals surface area (Å²) in [7, 11) is 0. The van der Waals surface area contributed by atoms with E-state index in [4.69, 9.17) is 0 Å². The first kappa shape index (κ1) is 8.53. The lowest BCUT2D eigenvalue weighted by Crippen LogP contribution is -2.52. The summed E-state index contributed by atoms with van der Waals surface area (Å²) in [5.74, 6) is 0.291. The Kier molecular flexibility index (Phi) is 3.36. The minimum atomic E-state index is 0.291. The Morgan fingerprint density at radius 2 is 1.91 bits per heavy atom. The summed E-state index contributed by atoms with van der Waals surface area (Å²) in [6, 6.07) is 0. The minimum Gasteiger partial charge on any atom is -0.357 e. The molecule has 3 nitrogen and oxygen atoms in total. The van der Waals surface area contributed by atoms with Gasteiger partial charge in [0.2, 0.25) is 5.91 Å². The van der Waals surface area contributed by atoms with Gasteiger partial charge >= 0.3 is 0 Å². The first-order valence-electron chi connectivity index (χ1n) is 4.41. The van der Waals surface area contributed by atoms with Crippen molar-refractivity contribution in [1.29, 1.82) is 0 Å². The van der Waals surface area contributed by atoms with Crippen LogP contribution >= 0.6 is 0 Å². The molecule has 0 bridgehead atoms. The van der Waals surface area contributed by atoms with Crippen molar-refractivity contribution >= 4 is 5.91 Å². The summed E-state index contributed by atoms with van der Waals surface area (Å²) >= 11 is 0. The van der Waals surface area contributed by atoms with Crippen LogP contribution in [0.4, 0.5) is 0 Å². The fourth-order valence-corrected chi connectivity index (χ4v) is 1.45. The summed E-state index contributed by atoms with van der Waals surface area (Å²) in [5, 5.41) is 0. The summed E-state index contributed by atoms with van der Waals surface area (Å²) in [6.07, 6.45) is 4.28. The number of carbonyl (C=O) groups excluding carboxylic acids is 1. The molecule has 0 atom stereocenters. The van der Waals surface area contributed by atoms with Crippen LogP contribution < -0.4 is 5.73 Å². The smallest absolute Gasteiger partial charge is 0.228 e. The third-order valence-electron chi connectivity index (χ3n) is 2.10. The van der Waals surface area contributed by atoms with E-state index >= 15 is 0 Å². The Morgan fingerprint density at radius 1 is 1.27 bits per heavy atom. The molecule has 1 saturated heterocycles. The molecule has 0 radical (unpaired) electrons. The zero-order valence-corrected chi connectivity index (χ0v) is 7.01. The van der Waals surface area contributed by atoms with Gasteiger partial charge in [0, 0.05) is 13.1 Å². The van der Waals surface area contributed by atoms with Gasteiger partial charge in [0.15, 0.2) is 0 Å². The predicted molar refractivity (Wildman–Crippen MR) is 42.8 cm³/mol. The van der Waals surface area contributed by atoms with Crippen LogP contribution in [0.15, 0.2) is 0 Å². The Balaban J connectivity index is 2.27. The Bertz CT molecular complexity index is 130. The van der Waals surface area contributed by atoms with Crippen LogP contribution in [0.25, 0.3) is 0 Å². The summed E-state index contributed by atoms with van der Waals surface area (Å²) in [6.45, 7) is 2.67. The van der Waals surface area contributed by atoms with Crippen molar-refractivity contribution in [2.75, 3.05) is 19.6 Å². The van der Waals surface area contributed by atoms with Crippen molar-refractivity contribution in [1.82, 2.24) is 4.90 Å². The molecule has 1 rings (SSSR count). The summed E-state index contributed by atoms with van der Waals surface area (Å²) in [5.41, 5.74) is 3.67. The second-order valence-electron chi connectivity index (χ2n) is 3.05. The molecule has 1 aliphatic heterocycles. The number of piperidine rings is 1. The average molecular weight is 157 g/mol. The maximum Gasteiger partial charge on any atom is 0.228 e. The molecule has 0 aromatic rings. The quantitative estimate of drug-likeness (QED) is 0.584. The van der Waals surface area contributed by atoms with Gasteiger partial charge < -0.3 is 10.6 Å². The van der Waals surface area contributed by atoms with E-state index in [2.05, 4.69) is 5.73 Å². The molecule has 1 heterocycles. The third kappa shape index (κ3) is 2.50. The third-order valence-corrected chi connectivity index (χ3v) is 2.10. The Hall–Kier alpha value is -0.570. The molecule has 0 aliphatic carbocycles. The standard InChI is InChI=1S/C8H16N2O/c9-5-4-8(11)10-6-2-1-3-7-10/h1-7,9H2/p+1. The number of hydrogen-bond donors (Lipinski definition) is 1. The molecule has 64 valence electrons. The fraction of sp³-hybridized carbons (Fsp3) is 0.875. The minimum absolute atomic E-state index is 0.291. The van der Waals surface area contributed by atoms with Gasteiger partial charge in [0.1, 0.15) is 0 Å². The highest BCUT2D eigenvalue weighted by molar-refractivity contribution is 5.76. The molecule has 3 N–H and O–H groups in total. The molecule has 0 aromatic carbocycles. The number of hydrogen-bond acceptors (Lipinski definition) is 1. The van der Waals surface area contributed by atoms with E-state index in [-0.39, 0.29) is 0 Å². The number of amides is 1. The van der Waals surface area contributed by atoms with Gasteiger partial charge in [-0.2, -0.15) is 0 Å². The van der Waals surface area contributed by atoms with E-state index in [1.807, 2.05) is 4.90 Å². The molecular formula is C8H17N2O+. The largest absolute Gasteiger partial charge is 0.357 e. The highest BCUT2D eigenvalue weighted by Gasteiger charge is 2.15. The number of carbonyl (C=O) groups is 1. The lowest BCUT2D eigenvalue weighted by molar-refractivity contribution is -0.366. The van der Waals surface area contributed by atoms with E-state index < -0.39 is 0 Å². The van der Waals surface area contributed by atoms with E-state index in [0.717, 1.165) is 19.6 Å². The average Bonchev–Trinajstić information content (AvgIpc) is 2.07. The van der Waals surface area contributed by atoms with Crippen molar-refractivity contribution < 1.29 is 10.5 Å². The maximum atomic E-state index is 11.3. The van der Waals surface area contributed by atoms with E-state index in [1.165, 1.54) is 19.3 Å². The SMILES string of the molecule is [NH3+]CCC(=O)N1CCCCC1. The predicted octanol–water partition coefficient (Wildman–Crippen LogP) is -0.369. The van der Waals surface area contributed by atoms with Crippen molar-refractivity contribution in [3.8, 4) is 0 Å². The maximum absolute atomic E-state index is 11.3. The topological polar surface area (TPSA) is 48.0 Å². The van der Waals surface area contributed by atoms with Gasteiger partial charge in [-0.1, -0.05) is 0 Å². The fourth-order valence-electron chi connectivity index (χ4n) is 1.45. The number of likely N-dealkylation sites (tertiary alicyclic amines) is 1. The second kappa shape index (κ2) is 4.34. The van der Waals surface area contributed by atoms with Gasteiger partial charge in [-0.15, -0.1) is 0 Å². The lowest BCUT2D eigenvalue weighted by Gasteiger charge is -2.26. The Morgan fingerprint density at radius 3 is 2.45 bits per heavy atom. The first-order chi connectivity index (χ1) is 5.34. The van der Waals surface area contributed by atoms with E-state index in [9.17, 15) is 4.79 Å². The van der Waals surface area contributed by atoms with E-state index in [1.54, 1.807) is 0 Å². The molecule has 1 aliphatic rings. The number of nitrogens with zero attached hydrogens (tertiary/aromatic N) is 1. The van der Waals surface area contributed by atoms with Crippen molar-refractivity contribution in [2.24, 2.45) is 0 Å². The molecule has 0 saturated carbocycles. The number of rotatable bonds is 2. The van der Waals surface area contributed by atoms with Crippen molar-refractivity contribution in [2.45, 2.75) is 25.7 Å². The Labute approximate surface area is 67.5 Å². The zero-order chi connectivity index (χ0) is 8.10. The van der Waals surface area contributed by atoms with Crippen LogP contribution in [0.5, 0.6) is 0 Å². The van der Waals surface area contributed by atoms with Crippen LogP contribution in [-0.4, -0.2) is 30.4 Å². The van der Waals surface area contributed by atoms with Gasteiger partial charge in [-0.25, -0.2) is 0 Å². The zero-order valence-electron chi connectivity index (χ0n) is 7.01. The summed E-state index contributed by atoms with van der Waals surface area (Å²) in [4.78, 5) is 13.3. The van der Waals surface area contributed by atoms with Crippen LogP contribution in [0.1, 0.15) is 25.7 Å². The van der Waals surface area contributed by atoms with Gasteiger partial charge in [0.25, 0.3) is 0 Å². The van der Waals surface area contributed by atoms with Crippen LogP contribution in [0, 0.1) is 0 Å². The van der Waals surface area contributed by atoms with Crippen LogP contribution in [0.3, 0.4) is 0 Å². The van der Waals surface area contributed by atoms with Crippen LogP contribution in [0.2, 0.25) is 0 Å². The first-order valence-corrected chi connectivity index (χ1v) is 4.41. The molecule has 1 amide bonds. The van der Waals surface area contributed by atoms with Gasteiger partial charge in [-0.05, 0) is 19.3 Å². The molecule has 11 heavy (non-hydrogen) atoms. The highest BCUT2D eigenvalue weighted by Crippen LogP contribution is 2.08. The van der Waals surface area contributed by atoms with Crippen molar-refractivity contribution in [3.05, 3.63) is 0 Å². The molecular weight excluding hydrogens is 140 g/mol. The normalized spacial score (nSPS) is 18.5. The molecule has 0 spiro atoms. The highest BCUT2D eigenvalue weighted by atomic mass is 16.2. The van der Waals surface area contributed by atoms with Gasteiger partial charge in [-0.3, -0.25) is 4.79 Å². The number of quaternary nitrogens is 1. The van der Waals surface area contributed by atoms with E-state index in [0.29, 0.717) is 12.3 Å². The molecule has 3 heteroatoms. The van der Waals surface area contributed by atoms with Gasteiger partial charge in [0.05, 0.1) is 13.0 Å². The molecule has 0 aromatic heterocycles. The lowest BCUT2D eigenvalue weighted by atomic mass is 10.1.